The van der Waals surface area contributed by atoms with Crippen LogP contribution in [0.4, 0.5) is 13.2 Å². The molecule has 0 aliphatic heterocycles. The maximum atomic E-state index is 12.3. The molecule has 0 spiro atoms. The smallest absolute Gasteiger partial charge is 0.416 e. The molecule has 0 saturated carbocycles. The summed E-state index contributed by atoms with van der Waals surface area (Å²) in [6, 6.07) is 3.76. The van der Waals surface area contributed by atoms with Crippen molar-refractivity contribution in [2.75, 3.05) is 0 Å². The zero-order valence-corrected chi connectivity index (χ0v) is 8.51. The van der Waals surface area contributed by atoms with Crippen molar-refractivity contribution in [3.63, 3.8) is 0 Å². The van der Waals surface area contributed by atoms with Crippen molar-refractivity contribution in [2.45, 2.75) is 12.4 Å². The van der Waals surface area contributed by atoms with E-state index in [9.17, 15) is 27.0 Å². The van der Waals surface area contributed by atoms with Gasteiger partial charge in [-0.05, 0) is 17.7 Å². The fourth-order valence-corrected chi connectivity index (χ4v) is 1.36. The summed E-state index contributed by atoms with van der Waals surface area (Å²) in [5.74, 6) is 0. The Morgan fingerprint density at radius 3 is 2.56 bits per heavy atom. The average molecular weight is 254 g/mol. The second-order valence-electron chi connectivity index (χ2n) is 2.88. The van der Waals surface area contributed by atoms with Crippen LogP contribution in [0.15, 0.2) is 24.3 Å². The second kappa shape index (κ2) is 4.91. The summed E-state index contributed by atoms with van der Waals surface area (Å²) in [7, 11) is 0. The summed E-state index contributed by atoms with van der Waals surface area (Å²) < 4.78 is 58.8. The summed E-state index contributed by atoms with van der Waals surface area (Å²) in [6.45, 7) is 0. The molecule has 0 saturated heterocycles. The first-order valence-corrected chi connectivity index (χ1v) is 5.09. The molecule has 0 aliphatic carbocycles. The molecule has 2 unspecified atom stereocenters. The first-order chi connectivity index (χ1) is 7.30. The van der Waals surface area contributed by atoms with Crippen LogP contribution >= 0.6 is 0 Å². The van der Waals surface area contributed by atoms with Crippen LogP contribution < -0.4 is 4.72 Å². The van der Waals surface area contributed by atoms with Crippen molar-refractivity contribution < 1.29 is 27.0 Å². The molecule has 0 amide bonds. The van der Waals surface area contributed by atoms with E-state index in [4.69, 9.17) is 0 Å². The van der Waals surface area contributed by atoms with E-state index in [-0.39, 0.29) is 5.56 Å². The maximum Gasteiger partial charge on any atom is 0.416 e. The Hall–Kier alpha value is -0.960. The molecule has 4 nitrogen and oxygen atoms in total. The summed E-state index contributed by atoms with van der Waals surface area (Å²) in [5, 5.41) is 9.21. The van der Waals surface area contributed by atoms with Gasteiger partial charge in [-0.2, -0.15) is 13.2 Å². The van der Waals surface area contributed by atoms with Crippen molar-refractivity contribution in [1.82, 2.24) is 4.72 Å². The highest BCUT2D eigenvalue weighted by molar-refractivity contribution is 7.77. The Bertz CT molecular complexity index is 396. The number of benzene rings is 1. The molecular weight excluding hydrogens is 247 g/mol. The Labute approximate surface area is 91.5 Å². The first kappa shape index (κ1) is 13.1. The Kier molecular flexibility index (Phi) is 4.03. The molecule has 8 heteroatoms. The highest BCUT2D eigenvalue weighted by Crippen LogP contribution is 2.30. The zero-order chi connectivity index (χ0) is 12.3. The van der Waals surface area contributed by atoms with Crippen LogP contribution in [-0.4, -0.2) is 13.9 Å². The first-order valence-electron chi connectivity index (χ1n) is 4.01. The zero-order valence-electron chi connectivity index (χ0n) is 7.69. The standard InChI is InChI=1S/C8H8F3NO3S/c9-8(10,11)6-3-1-2-5(4-6)7(13)12-16(14)15/h1-4,7,12-13H,(H,14,15)/p-1. The lowest BCUT2D eigenvalue weighted by atomic mass is 10.1. The molecule has 2 atom stereocenters. The van der Waals surface area contributed by atoms with E-state index >= 15 is 0 Å². The Morgan fingerprint density at radius 1 is 1.44 bits per heavy atom. The minimum absolute atomic E-state index is 0.181. The molecule has 1 aromatic carbocycles. The monoisotopic (exact) mass is 254 g/mol. The van der Waals surface area contributed by atoms with Crippen LogP contribution in [0.1, 0.15) is 17.4 Å². The summed E-state index contributed by atoms with van der Waals surface area (Å²) >= 11 is -2.76. The normalized spacial score (nSPS) is 15.8. The third kappa shape index (κ3) is 3.56. The van der Waals surface area contributed by atoms with E-state index in [0.717, 1.165) is 12.1 Å². The highest BCUT2D eigenvalue weighted by atomic mass is 32.2. The highest BCUT2D eigenvalue weighted by Gasteiger charge is 2.30. The number of nitrogens with one attached hydrogen (secondary N) is 1. The van der Waals surface area contributed by atoms with Crippen molar-refractivity contribution in [3.8, 4) is 0 Å². The van der Waals surface area contributed by atoms with E-state index in [1.807, 2.05) is 0 Å². The molecular formula is C8H7F3NO3S-. The fourth-order valence-electron chi connectivity index (χ4n) is 1.04. The molecule has 1 aromatic rings. The number of hydrogen-bond donors (Lipinski definition) is 2. The van der Waals surface area contributed by atoms with Crippen molar-refractivity contribution in [1.29, 1.82) is 0 Å². The van der Waals surface area contributed by atoms with Gasteiger partial charge < -0.3 is 9.66 Å². The largest absolute Gasteiger partial charge is 0.760 e. The van der Waals surface area contributed by atoms with Gasteiger partial charge in [-0.25, -0.2) is 4.72 Å². The lowest BCUT2D eigenvalue weighted by molar-refractivity contribution is -0.137. The van der Waals surface area contributed by atoms with E-state index in [1.165, 1.54) is 6.07 Å². The SMILES string of the molecule is O=S([O-])NC(O)c1cccc(C(F)(F)F)c1. The van der Waals surface area contributed by atoms with Crippen LogP contribution in [-0.2, 0) is 17.4 Å². The van der Waals surface area contributed by atoms with E-state index in [0.29, 0.717) is 6.07 Å². The number of hydrogen-bond acceptors (Lipinski definition) is 3. The molecule has 0 fully saturated rings. The molecule has 0 aromatic heterocycles. The number of aliphatic hydroxyl groups excluding tert-OH is 1. The minimum atomic E-state index is -4.54. The lowest BCUT2D eigenvalue weighted by Crippen LogP contribution is -2.23. The molecule has 16 heavy (non-hydrogen) atoms. The van der Waals surface area contributed by atoms with Gasteiger partial charge in [0.05, 0.1) is 5.56 Å². The van der Waals surface area contributed by atoms with Crippen molar-refractivity contribution in [2.24, 2.45) is 0 Å². The molecule has 0 heterocycles. The number of alkyl halides is 3. The number of halogens is 3. The lowest BCUT2D eigenvalue weighted by Gasteiger charge is -2.16. The van der Waals surface area contributed by atoms with E-state index in [2.05, 4.69) is 0 Å². The number of aliphatic hydroxyl groups is 1. The van der Waals surface area contributed by atoms with Gasteiger partial charge in [-0.3, -0.25) is 4.21 Å². The molecule has 1 rings (SSSR count). The minimum Gasteiger partial charge on any atom is -0.760 e. The van der Waals surface area contributed by atoms with Crippen LogP contribution in [0.5, 0.6) is 0 Å². The molecule has 90 valence electrons. The average Bonchev–Trinajstić information content (AvgIpc) is 2.15. The molecule has 2 N–H and O–H groups in total. The van der Waals surface area contributed by atoms with Gasteiger partial charge in [-0.15, -0.1) is 0 Å². The van der Waals surface area contributed by atoms with Gasteiger partial charge in [0.1, 0.15) is 6.23 Å². The van der Waals surface area contributed by atoms with Crippen LogP contribution in [0.2, 0.25) is 0 Å². The van der Waals surface area contributed by atoms with Gasteiger partial charge in [0, 0.05) is 11.3 Å². The van der Waals surface area contributed by atoms with Gasteiger partial charge >= 0.3 is 6.18 Å². The summed E-state index contributed by atoms with van der Waals surface area (Å²) in [4.78, 5) is 0. The maximum absolute atomic E-state index is 12.3. The number of rotatable bonds is 3. The predicted molar refractivity (Wildman–Crippen MR) is 48.5 cm³/mol. The predicted octanol–water partition coefficient (Wildman–Crippen LogP) is 1.08. The summed E-state index contributed by atoms with van der Waals surface area (Å²) in [6.07, 6.45) is -6.23. The third-order valence-electron chi connectivity index (χ3n) is 1.74. The van der Waals surface area contributed by atoms with Crippen molar-refractivity contribution in [3.05, 3.63) is 35.4 Å². The van der Waals surface area contributed by atoms with Gasteiger partial charge in [0.2, 0.25) is 0 Å². The van der Waals surface area contributed by atoms with Crippen LogP contribution in [0.25, 0.3) is 0 Å². The quantitative estimate of drug-likeness (QED) is 0.626. The van der Waals surface area contributed by atoms with Crippen LogP contribution in [0, 0.1) is 0 Å². The second-order valence-corrected chi connectivity index (χ2v) is 3.58. The van der Waals surface area contributed by atoms with Crippen LogP contribution in [0.3, 0.4) is 0 Å². The van der Waals surface area contributed by atoms with E-state index < -0.39 is 29.2 Å². The fraction of sp³-hybridized carbons (Fsp3) is 0.250. The van der Waals surface area contributed by atoms with Gasteiger partial charge in [-0.1, -0.05) is 12.1 Å². The molecule has 0 bridgehead atoms. The van der Waals surface area contributed by atoms with Gasteiger partial charge in [0.15, 0.2) is 0 Å². The van der Waals surface area contributed by atoms with Crippen molar-refractivity contribution >= 4 is 11.3 Å². The Balaban J connectivity index is 2.94. The summed E-state index contributed by atoms with van der Waals surface area (Å²) in [5.41, 5.74) is -1.14. The van der Waals surface area contributed by atoms with E-state index in [1.54, 1.807) is 4.72 Å². The molecule has 0 aliphatic rings. The Morgan fingerprint density at radius 2 is 2.06 bits per heavy atom. The topological polar surface area (TPSA) is 72.4 Å². The third-order valence-corrected chi connectivity index (χ3v) is 2.15. The molecule has 0 radical (unpaired) electrons. The van der Waals surface area contributed by atoms with Gasteiger partial charge in [0.25, 0.3) is 0 Å².